The molecular formula is C17H20N2O4. The number of aliphatic hydroxyl groups is 1. The van der Waals surface area contributed by atoms with Gasteiger partial charge in [-0.2, -0.15) is 0 Å². The van der Waals surface area contributed by atoms with Crippen LogP contribution >= 0.6 is 0 Å². The van der Waals surface area contributed by atoms with Crippen LogP contribution in [0.2, 0.25) is 0 Å². The predicted octanol–water partition coefficient (Wildman–Crippen LogP) is 1.56. The van der Waals surface area contributed by atoms with Gasteiger partial charge in [0.05, 0.1) is 17.9 Å². The summed E-state index contributed by atoms with van der Waals surface area (Å²) in [5.74, 6) is -0.756. The van der Waals surface area contributed by atoms with Gasteiger partial charge in [0.2, 0.25) is 5.91 Å². The average Bonchev–Trinajstić information content (AvgIpc) is 3.07. The van der Waals surface area contributed by atoms with Gasteiger partial charge in [0.25, 0.3) is 5.91 Å². The minimum atomic E-state index is -0.795. The summed E-state index contributed by atoms with van der Waals surface area (Å²) in [5, 5.41) is 15.2. The molecule has 0 fully saturated rings. The molecule has 0 spiro atoms. The molecule has 0 aliphatic heterocycles. The normalized spacial score (nSPS) is 13.2. The van der Waals surface area contributed by atoms with Crippen LogP contribution in [-0.4, -0.2) is 29.5 Å². The molecule has 1 heterocycles. The molecule has 1 aromatic heterocycles. The molecule has 0 aliphatic carbocycles. The third-order valence-electron chi connectivity index (χ3n) is 3.46. The number of hydrogen-bond acceptors (Lipinski definition) is 4. The van der Waals surface area contributed by atoms with E-state index in [2.05, 4.69) is 10.6 Å². The number of amides is 2. The lowest BCUT2D eigenvalue weighted by Crippen LogP contribution is -2.45. The highest BCUT2D eigenvalue weighted by atomic mass is 16.3. The zero-order chi connectivity index (χ0) is 16.8. The molecule has 0 radical (unpaired) electrons. The first-order chi connectivity index (χ1) is 11.0. The molecule has 0 saturated carbocycles. The van der Waals surface area contributed by atoms with E-state index in [-0.39, 0.29) is 18.4 Å². The molecule has 1 aromatic carbocycles. The van der Waals surface area contributed by atoms with Gasteiger partial charge in [-0.3, -0.25) is 9.59 Å². The monoisotopic (exact) mass is 316 g/mol. The van der Waals surface area contributed by atoms with Gasteiger partial charge in [-0.15, -0.1) is 0 Å². The molecule has 0 aliphatic rings. The smallest absolute Gasteiger partial charge is 0.255 e. The lowest BCUT2D eigenvalue weighted by molar-refractivity contribution is -0.123. The summed E-state index contributed by atoms with van der Waals surface area (Å²) in [6.07, 6.45) is 1.90. The SMILES string of the molecule is Cc1ccc([C@H](O)CNC(=O)[C@@H](C)NC(=O)c2ccoc2)cc1. The van der Waals surface area contributed by atoms with Crippen LogP contribution in [0.5, 0.6) is 0 Å². The average molecular weight is 316 g/mol. The summed E-state index contributed by atoms with van der Waals surface area (Å²) in [4.78, 5) is 23.8. The summed E-state index contributed by atoms with van der Waals surface area (Å²) in [5.41, 5.74) is 2.18. The van der Waals surface area contributed by atoms with Gasteiger partial charge < -0.3 is 20.2 Å². The standard InChI is InChI=1S/C17H20N2O4/c1-11-3-5-13(6-4-11)15(20)9-18-16(21)12(2)19-17(22)14-7-8-23-10-14/h3-8,10,12,15,20H,9H2,1-2H3,(H,18,21)(H,19,22)/t12-,15-/m1/s1. The Kier molecular flexibility index (Phi) is 5.54. The Balaban J connectivity index is 1.81. The molecule has 0 unspecified atom stereocenters. The Morgan fingerprint density at radius 3 is 2.52 bits per heavy atom. The van der Waals surface area contributed by atoms with Gasteiger partial charge in [0.1, 0.15) is 12.3 Å². The van der Waals surface area contributed by atoms with E-state index in [9.17, 15) is 14.7 Å². The van der Waals surface area contributed by atoms with Crippen molar-refractivity contribution in [2.45, 2.75) is 26.0 Å². The molecule has 122 valence electrons. The molecule has 2 amide bonds. The maximum absolute atomic E-state index is 12.0. The van der Waals surface area contributed by atoms with Crippen molar-refractivity contribution in [3.05, 3.63) is 59.5 Å². The van der Waals surface area contributed by atoms with E-state index in [1.807, 2.05) is 31.2 Å². The van der Waals surface area contributed by atoms with Crippen molar-refractivity contribution in [1.29, 1.82) is 0 Å². The molecule has 6 heteroatoms. The highest BCUT2D eigenvalue weighted by Gasteiger charge is 2.18. The molecule has 0 saturated heterocycles. The Morgan fingerprint density at radius 2 is 1.91 bits per heavy atom. The number of aryl methyl sites for hydroxylation is 1. The number of carbonyl (C=O) groups excluding carboxylic acids is 2. The summed E-state index contributed by atoms with van der Waals surface area (Å²) < 4.78 is 4.82. The Labute approximate surface area is 134 Å². The van der Waals surface area contributed by atoms with Crippen molar-refractivity contribution in [2.75, 3.05) is 6.54 Å². The summed E-state index contributed by atoms with van der Waals surface area (Å²) in [7, 11) is 0. The summed E-state index contributed by atoms with van der Waals surface area (Å²) in [6, 6.07) is 8.22. The van der Waals surface area contributed by atoms with Gasteiger partial charge in [-0.05, 0) is 25.5 Å². The van der Waals surface area contributed by atoms with Crippen LogP contribution in [0.25, 0.3) is 0 Å². The Hall–Kier alpha value is -2.60. The lowest BCUT2D eigenvalue weighted by atomic mass is 10.1. The summed E-state index contributed by atoms with van der Waals surface area (Å²) in [6.45, 7) is 3.61. The highest BCUT2D eigenvalue weighted by Crippen LogP contribution is 2.12. The molecule has 23 heavy (non-hydrogen) atoms. The second kappa shape index (κ2) is 7.60. The van der Waals surface area contributed by atoms with Crippen molar-refractivity contribution in [3.63, 3.8) is 0 Å². The van der Waals surface area contributed by atoms with Crippen LogP contribution in [0.4, 0.5) is 0 Å². The van der Waals surface area contributed by atoms with Crippen LogP contribution in [-0.2, 0) is 4.79 Å². The molecule has 2 rings (SSSR count). The second-order valence-electron chi connectivity index (χ2n) is 5.38. The number of furan rings is 1. The predicted molar refractivity (Wildman–Crippen MR) is 84.8 cm³/mol. The number of rotatable bonds is 6. The largest absolute Gasteiger partial charge is 0.472 e. The van der Waals surface area contributed by atoms with E-state index >= 15 is 0 Å². The van der Waals surface area contributed by atoms with Crippen molar-refractivity contribution < 1.29 is 19.1 Å². The van der Waals surface area contributed by atoms with Gasteiger partial charge in [-0.25, -0.2) is 0 Å². The van der Waals surface area contributed by atoms with Crippen molar-refractivity contribution in [2.24, 2.45) is 0 Å². The fraction of sp³-hybridized carbons (Fsp3) is 0.294. The van der Waals surface area contributed by atoms with E-state index in [0.717, 1.165) is 11.1 Å². The zero-order valence-electron chi connectivity index (χ0n) is 13.1. The minimum absolute atomic E-state index is 0.0772. The number of aliphatic hydroxyl groups excluding tert-OH is 1. The highest BCUT2D eigenvalue weighted by molar-refractivity contribution is 5.97. The first-order valence-electron chi connectivity index (χ1n) is 7.33. The van der Waals surface area contributed by atoms with E-state index in [1.54, 1.807) is 6.92 Å². The van der Waals surface area contributed by atoms with Crippen LogP contribution in [0.1, 0.15) is 34.5 Å². The molecule has 0 bridgehead atoms. The number of hydrogen-bond donors (Lipinski definition) is 3. The van der Waals surface area contributed by atoms with Crippen molar-refractivity contribution in [1.82, 2.24) is 10.6 Å². The van der Waals surface area contributed by atoms with Crippen LogP contribution in [0, 0.1) is 6.92 Å². The number of benzene rings is 1. The van der Waals surface area contributed by atoms with E-state index < -0.39 is 12.1 Å². The van der Waals surface area contributed by atoms with Gasteiger partial charge in [-0.1, -0.05) is 29.8 Å². The topological polar surface area (TPSA) is 91.6 Å². The fourth-order valence-electron chi connectivity index (χ4n) is 2.00. The summed E-state index contributed by atoms with van der Waals surface area (Å²) >= 11 is 0. The van der Waals surface area contributed by atoms with Gasteiger partial charge in [0.15, 0.2) is 0 Å². The molecular weight excluding hydrogens is 296 g/mol. The van der Waals surface area contributed by atoms with Crippen molar-refractivity contribution >= 4 is 11.8 Å². The van der Waals surface area contributed by atoms with Gasteiger partial charge >= 0.3 is 0 Å². The van der Waals surface area contributed by atoms with E-state index in [1.165, 1.54) is 18.6 Å². The maximum Gasteiger partial charge on any atom is 0.255 e. The third kappa shape index (κ3) is 4.69. The first kappa shape index (κ1) is 16.8. The van der Waals surface area contributed by atoms with Crippen LogP contribution in [0.15, 0.2) is 47.3 Å². The van der Waals surface area contributed by atoms with Gasteiger partial charge in [0, 0.05) is 6.54 Å². The van der Waals surface area contributed by atoms with E-state index in [4.69, 9.17) is 4.42 Å². The molecule has 2 aromatic rings. The third-order valence-corrected chi connectivity index (χ3v) is 3.46. The number of nitrogens with one attached hydrogen (secondary N) is 2. The van der Waals surface area contributed by atoms with Crippen LogP contribution < -0.4 is 10.6 Å². The fourth-order valence-corrected chi connectivity index (χ4v) is 2.00. The quantitative estimate of drug-likeness (QED) is 0.754. The number of carbonyl (C=O) groups is 2. The Morgan fingerprint density at radius 1 is 1.22 bits per heavy atom. The van der Waals surface area contributed by atoms with Crippen molar-refractivity contribution in [3.8, 4) is 0 Å². The molecule has 3 N–H and O–H groups in total. The van der Waals surface area contributed by atoms with E-state index in [0.29, 0.717) is 5.56 Å². The lowest BCUT2D eigenvalue weighted by Gasteiger charge is -2.16. The van der Waals surface area contributed by atoms with Crippen LogP contribution in [0.3, 0.4) is 0 Å². The molecule has 6 nitrogen and oxygen atoms in total. The first-order valence-corrected chi connectivity index (χ1v) is 7.33. The zero-order valence-corrected chi connectivity index (χ0v) is 13.1. The molecule has 2 atom stereocenters. The Bertz CT molecular complexity index is 650. The minimum Gasteiger partial charge on any atom is -0.472 e. The second-order valence-corrected chi connectivity index (χ2v) is 5.38. The maximum atomic E-state index is 12.0.